The van der Waals surface area contributed by atoms with E-state index in [0.29, 0.717) is 6.04 Å². The zero-order chi connectivity index (χ0) is 12.0. The summed E-state index contributed by atoms with van der Waals surface area (Å²) in [6.45, 7) is 10.3. The molecule has 0 aromatic carbocycles. The Morgan fingerprint density at radius 2 is 1.94 bits per heavy atom. The van der Waals surface area contributed by atoms with Gasteiger partial charge in [-0.05, 0) is 44.1 Å². The summed E-state index contributed by atoms with van der Waals surface area (Å²) >= 11 is 0. The fourth-order valence-corrected chi connectivity index (χ4v) is 2.70. The van der Waals surface area contributed by atoms with Gasteiger partial charge in [0, 0.05) is 19.1 Å². The van der Waals surface area contributed by atoms with E-state index in [9.17, 15) is 0 Å². The van der Waals surface area contributed by atoms with Crippen molar-refractivity contribution < 1.29 is 0 Å². The molecular formula is C14H30N2. The fraction of sp³-hybridized carbons (Fsp3) is 1.00. The highest BCUT2D eigenvalue weighted by Crippen LogP contribution is 2.31. The molecule has 0 saturated heterocycles. The number of nitrogens with zero attached hydrogens (tertiary/aromatic N) is 1. The van der Waals surface area contributed by atoms with E-state index in [1.165, 1.54) is 45.2 Å². The molecule has 1 aliphatic carbocycles. The second-order valence-electron chi connectivity index (χ2n) is 5.51. The van der Waals surface area contributed by atoms with Gasteiger partial charge in [0.05, 0.1) is 0 Å². The largest absolute Gasteiger partial charge is 0.329 e. The Balaban J connectivity index is 2.48. The normalized spacial score (nSPS) is 20.1. The third-order valence-corrected chi connectivity index (χ3v) is 3.81. The molecule has 1 rings (SSSR count). The van der Waals surface area contributed by atoms with Gasteiger partial charge in [-0.25, -0.2) is 0 Å². The predicted octanol–water partition coefficient (Wildman–Crippen LogP) is 2.87. The van der Waals surface area contributed by atoms with E-state index < -0.39 is 0 Å². The predicted molar refractivity (Wildman–Crippen MR) is 71.5 cm³/mol. The van der Waals surface area contributed by atoms with Crippen LogP contribution in [0.15, 0.2) is 0 Å². The smallest absolute Gasteiger partial charge is 0.0244 e. The highest BCUT2D eigenvalue weighted by molar-refractivity contribution is 4.83. The summed E-state index contributed by atoms with van der Waals surface area (Å²) < 4.78 is 0. The van der Waals surface area contributed by atoms with Gasteiger partial charge in [0.1, 0.15) is 0 Å². The number of nitrogens with two attached hydrogens (primary N) is 1. The molecule has 2 unspecified atom stereocenters. The van der Waals surface area contributed by atoms with Crippen LogP contribution in [0.4, 0.5) is 0 Å². The molecule has 2 nitrogen and oxygen atoms in total. The molecule has 0 aromatic rings. The number of hydrogen-bond donors (Lipinski definition) is 1. The van der Waals surface area contributed by atoms with E-state index in [2.05, 4.69) is 25.7 Å². The summed E-state index contributed by atoms with van der Waals surface area (Å²) in [5, 5.41) is 0. The van der Waals surface area contributed by atoms with Crippen molar-refractivity contribution >= 4 is 0 Å². The zero-order valence-corrected chi connectivity index (χ0v) is 11.4. The summed E-state index contributed by atoms with van der Waals surface area (Å²) in [6, 6.07) is 0.612. The molecule has 1 saturated carbocycles. The molecule has 0 spiro atoms. The molecular weight excluding hydrogens is 196 g/mol. The average Bonchev–Trinajstić information content (AvgIpc) is 3.03. The van der Waals surface area contributed by atoms with Gasteiger partial charge in [-0.3, -0.25) is 4.90 Å². The monoisotopic (exact) mass is 226 g/mol. The van der Waals surface area contributed by atoms with Crippen molar-refractivity contribution in [2.24, 2.45) is 17.6 Å². The summed E-state index contributed by atoms with van der Waals surface area (Å²) in [5.41, 5.74) is 5.99. The van der Waals surface area contributed by atoms with Crippen LogP contribution in [0.2, 0.25) is 0 Å². The van der Waals surface area contributed by atoms with Gasteiger partial charge in [0.25, 0.3) is 0 Å². The van der Waals surface area contributed by atoms with Crippen molar-refractivity contribution in [2.45, 2.75) is 58.9 Å². The van der Waals surface area contributed by atoms with Crippen LogP contribution < -0.4 is 5.73 Å². The minimum atomic E-state index is 0.612. The quantitative estimate of drug-likeness (QED) is 0.655. The van der Waals surface area contributed by atoms with E-state index in [4.69, 9.17) is 5.73 Å². The van der Waals surface area contributed by atoms with Gasteiger partial charge >= 0.3 is 0 Å². The fourth-order valence-electron chi connectivity index (χ4n) is 2.70. The van der Waals surface area contributed by atoms with E-state index >= 15 is 0 Å². The Bertz CT molecular complexity index is 178. The molecule has 0 bridgehead atoms. The maximum atomic E-state index is 5.99. The maximum absolute atomic E-state index is 5.99. The van der Waals surface area contributed by atoms with Gasteiger partial charge in [-0.1, -0.05) is 27.2 Å². The number of rotatable bonds is 9. The van der Waals surface area contributed by atoms with Crippen LogP contribution in [0.3, 0.4) is 0 Å². The SMILES string of the molecule is CCCC(C)C(CN)N(CCC)CC1CC1. The van der Waals surface area contributed by atoms with E-state index in [1.54, 1.807) is 0 Å². The van der Waals surface area contributed by atoms with Gasteiger partial charge in [0.2, 0.25) is 0 Å². The Kier molecular flexibility index (Phi) is 6.37. The molecule has 0 heterocycles. The van der Waals surface area contributed by atoms with Crippen molar-refractivity contribution in [1.82, 2.24) is 4.90 Å². The lowest BCUT2D eigenvalue weighted by Gasteiger charge is -2.35. The topological polar surface area (TPSA) is 29.3 Å². The highest BCUT2D eigenvalue weighted by Gasteiger charge is 2.29. The number of hydrogen-bond acceptors (Lipinski definition) is 2. The summed E-state index contributed by atoms with van der Waals surface area (Å²) in [7, 11) is 0. The third kappa shape index (κ3) is 4.42. The van der Waals surface area contributed by atoms with Crippen molar-refractivity contribution in [3.05, 3.63) is 0 Å². The maximum Gasteiger partial charge on any atom is 0.0244 e. The Hall–Kier alpha value is -0.0800. The molecule has 2 heteroatoms. The molecule has 0 radical (unpaired) electrons. The third-order valence-electron chi connectivity index (χ3n) is 3.81. The van der Waals surface area contributed by atoms with E-state index in [1.807, 2.05) is 0 Å². The van der Waals surface area contributed by atoms with Gasteiger partial charge in [0.15, 0.2) is 0 Å². The van der Waals surface area contributed by atoms with Crippen LogP contribution in [-0.2, 0) is 0 Å². The molecule has 0 aromatic heterocycles. The van der Waals surface area contributed by atoms with Crippen LogP contribution in [0, 0.1) is 11.8 Å². The van der Waals surface area contributed by atoms with Gasteiger partial charge in [-0.2, -0.15) is 0 Å². The lowest BCUT2D eigenvalue weighted by molar-refractivity contribution is 0.141. The molecule has 2 N–H and O–H groups in total. The Morgan fingerprint density at radius 3 is 2.38 bits per heavy atom. The van der Waals surface area contributed by atoms with Crippen LogP contribution in [0.25, 0.3) is 0 Å². The molecule has 1 aliphatic rings. The molecule has 0 amide bonds. The van der Waals surface area contributed by atoms with Crippen molar-refractivity contribution in [3.8, 4) is 0 Å². The van der Waals surface area contributed by atoms with Crippen LogP contribution in [0.1, 0.15) is 52.9 Å². The minimum absolute atomic E-state index is 0.612. The standard InChI is InChI=1S/C14H30N2/c1-4-6-12(3)14(10-15)16(9-5-2)11-13-7-8-13/h12-14H,4-11,15H2,1-3H3. The Morgan fingerprint density at radius 1 is 1.25 bits per heavy atom. The first-order valence-corrected chi connectivity index (χ1v) is 7.17. The van der Waals surface area contributed by atoms with Gasteiger partial charge in [-0.15, -0.1) is 0 Å². The Labute approximate surface area is 102 Å². The lowest BCUT2D eigenvalue weighted by atomic mass is 9.95. The van der Waals surface area contributed by atoms with E-state index in [-0.39, 0.29) is 0 Å². The molecule has 1 fully saturated rings. The molecule has 0 aliphatic heterocycles. The van der Waals surface area contributed by atoms with Crippen molar-refractivity contribution in [3.63, 3.8) is 0 Å². The average molecular weight is 226 g/mol. The first kappa shape index (κ1) is 14.0. The summed E-state index contributed by atoms with van der Waals surface area (Å²) in [6.07, 6.45) is 6.73. The van der Waals surface area contributed by atoms with Crippen LogP contribution in [-0.4, -0.2) is 30.6 Å². The van der Waals surface area contributed by atoms with E-state index in [0.717, 1.165) is 18.4 Å². The summed E-state index contributed by atoms with van der Waals surface area (Å²) in [4.78, 5) is 2.66. The molecule has 2 atom stereocenters. The van der Waals surface area contributed by atoms with Crippen LogP contribution in [0.5, 0.6) is 0 Å². The molecule has 96 valence electrons. The van der Waals surface area contributed by atoms with Crippen molar-refractivity contribution in [2.75, 3.05) is 19.6 Å². The second kappa shape index (κ2) is 7.29. The zero-order valence-electron chi connectivity index (χ0n) is 11.4. The lowest BCUT2D eigenvalue weighted by Crippen LogP contribution is -2.46. The minimum Gasteiger partial charge on any atom is -0.329 e. The van der Waals surface area contributed by atoms with Crippen molar-refractivity contribution in [1.29, 1.82) is 0 Å². The second-order valence-corrected chi connectivity index (χ2v) is 5.51. The van der Waals surface area contributed by atoms with Crippen LogP contribution >= 0.6 is 0 Å². The summed E-state index contributed by atoms with van der Waals surface area (Å²) in [5.74, 6) is 1.73. The highest BCUT2D eigenvalue weighted by atomic mass is 15.2. The molecule has 16 heavy (non-hydrogen) atoms. The first-order valence-electron chi connectivity index (χ1n) is 7.17. The van der Waals surface area contributed by atoms with Gasteiger partial charge < -0.3 is 5.73 Å². The first-order chi connectivity index (χ1) is 7.72.